The van der Waals surface area contributed by atoms with Crippen molar-refractivity contribution in [1.29, 1.82) is 0 Å². The Labute approximate surface area is 72.9 Å². The lowest BCUT2D eigenvalue weighted by Gasteiger charge is -2.38. The van der Waals surface area contributed by atoms with Crippen molar-refractivity contribution < 1.29 is 4.79 Å². The molecule has 3 aliphatic rings. The van der Waals surface area contributed by atoms with E-state index in [1.54, 1.807) is 0 Å². The molecule has 1 unspecified atom stereocenters. The molecular weight excluding hydrogens is 150 g/mol. The Hall–Kier alpha value is -0.370. The summed E-state index contributed by atoms with van der Waals surface area (Å²) in [6.07, 6.45) is 5.78. The Balaban J connectivity index is 1.92. The Morgan fingerprint density at radius 3 is 3.17 bits per heavy atom. The monoisotopic (exact) mass is 165 g/mol. The van der Waals surface area contributed by atoms with Gasteiger partial charge in [-0.05, 0) is 31.7 Å². The number of hydrogen-bond donors (Lipinski definition) is 0. The van der Waals surface area contributed by atoms with Crippen molar-refractivity contribution in [3.8, 4) is 0 Å². The fourth-order valence-electron chi connectivity index (χ4n) is 3.44. The van der Waals surface area contributed by atoms with Crippen LogP contribution in [0.25, 0.3) is 0 Å². The van der Waals surface area contributed by atoms with Crippen LogP contribution < -0.4 is 0 Å². The number of Topliss-reactive ketones (excluding diaryl/α,β-unsaturated/α-hetero) is 1. The van der Waals surface area contributed by atoms with Gasteiger partial charge in [-0.25, -0.2) is 0 Å². The summed E-state index contributed by atoms with van der Waals surface area (Å²) in [5, 5.41) is 0. The van der Waals surface area contributed by atoms with Crippen LogP contribution in [-0.4, -0.2) is 29.3 Å². The van der Waals surface area contributed by atoms with Crippen LogP contribution >= 0.6 is 0 Å². The number of ketones is 1. The lowest BCUT2D eigenvalue weighted by Crippen LogP contribution is -2.46. The predicted octanol–water partition coefficient (Wildman–Crippen LogP) is 1.20. The molecule has 4 bridgehead atoms. The van der Waals surface area contributed by atoms with Gasteiger partial charge in [0.2, 0.25) is 0 Å². The van der Waals surface area contributed by atoms with Crippen LogP contribution in [0.15, 0.2) is 0 Å². The summed E-state index contributed by atoms with van der Waals surface area (Å²) in [6.45, 7) is 1.26. The topological polar surface area (TPSA) is 20.3 Å². The van der Waals surface area contributed by atoms with Crippen LogP contribution in [0.2, 0.25) is 0 Å². The van der Waals surface area contributed by atoms with Gasteiger partial charge in [0.15, 0.2) is 0 Å². The molecule has 0 saturated carbocycles. The summed E-state index contributed by atoms with van der Waals surface area (Å²) < 4.78 is 0. The number of hydrogen-bond acceptors (Lipinski definition) is 2. The van der Waals surface area contributed by atoms with E-state index in [0.29, 0.717) is 17.9 Å². The third-order valence-corrected chi connectivity index (χ3v) is 3.91. The van der Waals surface area contributed by atoms with E-state index in [1.807, 2.05) is 0 Å². The minimum atomic E-state index is 0.519. The summed E-state index contributed by atoms with van der Waals surface area (Å²) in [5.74, 6) is 1.39. The highest BCUT2D eigenvalue weighted by molar-refractivity contribution is 5.81. The van der Waals surface area contributed by atoms with Crippen molar-refractivity contribution in [2.24, 2.45) is 5.92 Å². The normalized spacial score (nSPS) is 51.2. The molecule has 3 aliphatic heterocycles. The van der Waals surface area contributed by atoms with Gasteiger partial charge in [-0.3, -0.25) is 9.69 Å². The molecule has 2 heteroatoms. The largest absolute Gasteiger partial charge is 0.300 e. The Bertz CT molecular complexity index is 226. The molecule has 3 rings (SSSR count). The van der Waals surface area contributed by atoms with Crippen molar-refractivity contribution in [2.45, 2.75) is 44.2 Å². The molecule has 3 fully saturated rings. The molecule has 0 radical (unpaired) electrons. The Kier molecular flexibility index (Phi) is 1.37. The zero-order chi connectivity index (χ0) is 8.13. The lowest BCUT2D eigenvalue weighted by atomic mass is 9.90. The van der Waals surface area contributed by atoms with E-state index in [-0.39, 0.29) is 0 Å². The molecule has 3 heterocycles. The number of carbonyl (C=O) groups excluding carboxylic acids is 1. The van der Waals surface area contributed by atoms with E-state index < -0.39 is 0 Å². The van der Waals surface area contributed by atoms with Gasteiger partial charge < -0.3 is 0 Å². The van der Waals surface area contributed by atoms with Gasteiger partial charge in [-0.1, -0.05) is 0 Å². The number of piperidine rings is 2. The van der Waals surface area contributed by atoms with Gasteiger partial charge in [0.05, 0.1) is 0 Å². The van der Waals surface area contributed by atoms with E-state index in [9.17, 15) is 4.79 Å². The zero-order valence-corrected chi connectivity index (χ0v) is 7.33. The fraction of sp³-hybridized carbons (Fsp3) is 0.900. The SMILES string of the molecule is O=C1C[C@H]2C[C@H]3CCCN2[C@H]3C1. The predicted molar refractivity (Wildman–Crippen MR) is 45.9 cm³/mol. The molecular formula is C10H15NO. The molecule has 4 atom stereocenters. The van der Waals surface area contributed by atoms with Gasteiger partial charge in [-0.15, -0.1) is 0 Å². The maximum absolute atomic E-state index is 11.3. The summed E-state index contributed by atoms with van der Waals surface area (Å²) in [4.78, 5) is 13.9. The first kappa shape index (κ1) is 7.07. The highest BCUT2D eigenvalue weighted by atomic mass is 16.1. The average molecular weight is 165 g/mol. The molecule has 0 spiro atoms. The number of nitrogens with zero attached hydrogens (tertiary/aromatic N) is 1. The second kappa shape index (κ2) is 2.32. The molecule has 0 aromatic heterocycles. The smallest absolute Gasteiger partial charge is 0.136 e. The zero-order valence-electron chi connectivity index (χ0n) is 7.33. The first-order chi connectivity index (χ1) is 5.84. The minimum Gasteiger partial charge on any atom is -0.300 e. The minimum absolute atomic E-state index is 0.519. The van der Waals surface area contributed by atoms with Crippen molar-refractivity contribution in [1.82, 2.24) is 4.90 Å². The first-order valence-electron chi connectivity index (χ1n) is 5.12. The molecule has 66 valence electrons. The van der Waals surface area contributed by atoms with Crippen molar-refractivity contribution in [3.05, 3.63) is 0 Å². The molecule has 0 aromatic carbocycles. The van der Waals surface area contributed by atoms with Gasteiger partial charge in [0.25, 0.3) is 0 Å². The summed E-state index contributed by atoms with van der Waals surface area (Å²) in [7, 11) is 0. The van der Waals surface area contributed by atoms with Gasteiger partial charge in [0.1, 0.15) is 5.78 Å². The molecule has 0 N–H and O–H groups in total. The van der Waals surface area contributed by atoms with Crippen LogP contribution in [0.1, 0.15) is 32.1 Å². The second-order valence-corrected chi connectivity index (χ2v) is 4.54. The molecule has 0 amide bonds. The van der Waals surface area contributed by atoms with Crippen LogP contribution in [0.3, 0.4) is 0 Å². The summed E-state index contributed by atoms with van der Waals surface area (Å²) in [6, 6.07) is 1.30. The molecule has 0 aliphatic carbocycles. The fourth-order valence-corrected chi connectivity index (χ4v) is 3.44. The van der Waals surface area contributed by atoms with Crippen LogP contribution in [0.4, 0.5) is 0 Å². The van der Waals surface area contributed by atoms with Crippen molar-refractivity contribution in [3.63, 3.8) is 0 Å². The van der Waals surface area contributed by atoms with Crippen LogP contribution in [0, 0.1) is 5.92 Å². The van der Waals surface area contributed by atoms with E-state index in [2.05, 4.69) is 4.90 Å². The lowest BCUT2D eigenvalue weighted by molar-refractivity contribution is -0.124. The third kappa shape index (κ3) is 0.817. The summed E-state index contributed by atoms with van der Waals surface area (Å²) >= 11 is 0. The average Bonchev–Trinajstić information content (AvgIpc) is 2.26. The molecule has 0 aromatic rings. The highest BCUT2D eigenvalue weighted by Crippen LogP contribution is 2.43. The van der Waals surface area contributed by atoms with E-state index in [4.69, 9.17) is 0 Å². The Morgan fingerprint density at radius 1 is 1.33 bits per heavy atom. The maximum atomic E-state index is 11.3. The van der Waals surface area contributed by atoms with E-state index >= 15 is 0 Å². The standard InChI is InChI=1S/C10H15NO/c12-9-5-8-4-7-2-1-3-11(8)10(7)6-9/h7-8,10H,1-6H2/t7-,8-,10+/m1/s1. The molecule has 3 saturated heterocycles. The quantitative estimate of drug-likeness (QED) is 0.537. The van der Waals surface area contributed by atoms with Crippen molar-refractivity contribution >= 4 is 5.78 Å². The maximum Gasteiger partial charge on any atom is 0.136 e. The van der Waals surface area contributed by atoms with Crippen molar-refractivity contribution in [2.75, 3.05) is 6.54 Å². The second-order valence-electron chi connectivity index (χ2n) is 4.54. The third-order valence-electron chi connectivity index (χ3n) is 3.91. The molecule has 12 heavy (non-hydrogen) atoms. The van der Waals surface area contributed by atoms with Crippen LogP contribution in [-0.2, 0) is 4.79 Å². The number of carbonyl (C=O) groups is 1. The van der Waals surface area contributed by atoms with Crippen LogP contribution in [0.5, 0.6) is 0 Å². The summed E-state index contributed by atoms with van der Waals surface area (Å²) in [5.41, 5.74) is 0. The van der Waals surface area contributed by atoms with Gasteiger partial charge in [0, 0.05) is 24.9 Å². The van der Waals surface area contributed by atoms with E-state index in [0.717, 1.165) is 18.8 Å². The first-order valence-corrected chi connectivity index (χ1v) is 5.12. The van der Waals surface area contributed by atoms with Gasteiger partial charge >= 0.3 is 0 Å². The Morgan fingerprint density at radius 2 is 2.25 bits per heavy atom. The molecule has 2 nitrogen and oxygen atoms in total. The van der Waals surface area contributed by atoms with E-state index in [1.165, 1.54) is 25.8 Å². The highest BCUT2D eigenvalue weighted by Gasteiger charge is 2.47. The van der Waals surface area contributed by atoms with Gasteiger partial charge in [-0.2, -0.15) is 0 Å². The number of rotatable bonds is 0.